The molecule has 1 aromatic rings. The molecule has 0 saturated carbocycles. The fourth-order valence-corrected chi connectivity index (χ4v) is 1.34. The summed E-state index contributed by atoms with van der Waals surface area (Å²) < 4.78 is 0. The summed E-state index contributed by atoms with van der Waals surface area (Å²) in [5, 5.41) is 22.2. The Morgan fingerprint density at radius 3 is 2.39 bits per heavy atom. The predicted molar refractivity (Wildman–Crippen MR) is 63.4 cm³/mol. The van der Waals surface area contributed by atoms with Crippen LogP contribution in [0.15, 0.2) is 18.2 Å². The molecule has 2 amide bonds. The number of carboxylic acid groups (broad SMARTS) is 1. The van der Waals surface area contributed by atoms with Crippen LogP contribution in [0.1, 0.15) is 17.3 Å². The molecule has 96 valence electrons. The molecule has 7 nitrogen and oxygen atoms in total. The number of benzene rings is 1. The van der Waals surface area contributed by atoms with Crippen molar-refractivity contribution in [3.63, 3.8) is 0 Å². The van der Waals surface area contributed by atoms with Gasteiger partial charge >= 0.3 is 5.97 Å². The Balaban J connectivity index is 3.23. The largest absolute Gasteiger partial charge is 0.478 e. The summed E-state index contributed by atoms with van der Waals surface area (Å²) in [4.78, 5) is 33.1. The second kappa shape index (κ2) is 5.78. The first-order valence-corrected chi connectivity index (χ1v) is 5.00. The third kappa shape index (κ3) is 3.29. The Bertz CT molecular complexity index is 498. The van der Waals surface area contributed by atoms with Crippen LogP contribution in [-0.2, 0) is 9.59 Å². The molecule has 0 heterocycles. The van der Waals surface area contributed by atoms with Crippen LogP contribution in [0.3, 0.4) is 0 Å². The Hall–Kier alpha value is -2.41. The summed E-state index contributed by atoms with van der Waals surface area (Å²) in [7, 11) is 0. The lowest BCUT2D eigenvalue weighted by atomic mass is 10.1. The fraction of sp³-hybridized carbons (Fsp3) is 0.182. The number of aromatic carboxylic acids is 1. The van der Waals surface area contributed by atoms with Crippen LogP contribution < -0.4 is 10.6 Å². The van der Waals surface area contributed by atoms with Crippen molar-refractivity contribution in [2.45, 2.75) is 6.92 Å². The Labute approximate surface area is 102 Å². The average Bonchev–Trinajstić information content (AvgIpc) is 2.30. The van der Waals surface area contributed by atoms with Gasteiger partial charge in [-0.3, -0.25) is 9.59 Å². The van der Waals surface area contributed by atoms with Gasteiger partial charge in [0.25, 0.3) is 0 Å². The van der Waals surface area contributed by atoms with E-state index < -0.39 is 24.4 Å². The van der Waals surface area contributed by atoms with E-state index in [4.69, 9.17) is 10.2 Å². The third-order valence-electron chi connectivity index (χ3n) is 2.01. The number of hydrogen-bond acceptors (Lipinski definition) is 4. The number of carbonyl (C=O) groups is 3. The average molecular weight is 252 g/mol. The number of nitrogens with one attached hydrogen (secondary N) is 2. The molecule has 0 bridgehead atoms. The summed E-state index contributed by atoms with van der Waals surface area (Å²) in [6.45, 7) is 0.479. The van der Waals surface area contributed by atoms with Gasteiger partial charge in [-0.15, -0.1) is 0 Å². The first-order valence-electron chi connectivity index (χ1n) is 5.00. The van der Waals surface area contributed by atoms with Crippen molar-refractivity contribution in [3.05, 3.63) is 23.8 Å². The van der Waals surface area contributed by atoms with Gasteiger partial charge in [-0.05, 0) is 12.1 Å². The zero-order chi connectivity index (χ0) is 13.7. The molecule has 1 rings (SSSR count). The van der Waals surface area contributed by atoms with Crippen LogP contribution in [0.25, 0.3) is 0 Å². The lowest BCUT2D eigenvalue weighted by Crippen LogP contribution is -2.19. The van der Waals surface area contributed by atoms with Gasteiger partial charge in [0.05, 0.1) is 16.9 Å². The fourth-order valence-electron chi connectivity index (χ4n) is 1.34. The number of aliphatic hydroxyl groups excluding tert-OH is 1. The summed E-state index contributed by atoms with van der Waals surface area (Å²) in [6.07, 6.45) is 0. The van der Waals surface area contributed by atoms with Gasteiger partial charge in [-0.2, -0.15) is 0 Å². The van der Waals surface area contributed by atoms with Crippen molar-refractivity contribution >= 4 is 29.2 Å². The first-order chi connectivity index (χ1) is 8.45. The second-order valence-corrected chi connectivity index (χ2v) is 3.42. The number of amides is 2. The summed E-state index contributed by atoms with van der Waals surface area (Å²) in [5.74, 6) is -2.41. The zero-order valence-corrected chi connectivity index (χ0v) is 9.56. The standard InChI is InChI=1S/C11H12N2O5/c1-6(15)12-10-7(11(17)18)3-2-4-8(10)13-9(16)5-14/h2-4,14H,5H2,1H3,(H,12,15)(H,13,16)(H,17,18). The van der Waals surface area contributed by atoms with Crippen molar-refractivity contribution in [1.82, 2.24) is 0 Å². The van der Waals surface area contributed by atoms with Gasteiger partial charge in [0.1, 0.15) is 6.61 Å². The number of carboxylic acids is 1. The van der Waals surface area contributed by atoms with Gasteiger partial charge in [0, 0.05) is 6.92 Å². The first kappa shape index (κ1) is 13.7. The van der Waals surface area contributed by atoms with Crippen LogP contribution in [0.2, 0.25) is 0 Å². The molecule has 0 aliphatic rings. The van der Waals surface area contributed by atoms with Gasteiger partial charge in [-0.25, -0.2) is 4.79 Å². The van der Waals surface area contributed by atoms with Crippen LogP contribution in [-0.4, -0.2) is 34.6 Å². The predicted octanol–water partition coefficient (Wildman–Crippen LogP) is 0.274. The Morgan fingerprint density at radius 2 is 1.89 bits per heavy atom. The van der Waals surface area contributed by atoms with Crippen LogP contribution >= 0.6 is 0 Å². The Kier molecular flexibility index (Phi) is 4.39. The number of aliphatic hydroxyl groups is 1. The summed E-state index contributed by atoms with van der Waals surface area (Å²) >= 11 is 0. The topological polar surface area (TPSA) is 116 Å². The molecule has 4 N–H and O–H groups in total. The molecule has 18 heavy (non-hydrogen) atoms. The van der Waals surface area contributed by atoms with E-state index in [1.165, 1.54) is 25.1 Å². The van der Waals surface area contributed by atoms with Crippen molar-refractivity contribution in [3.8, 4) is 0 Å². The van der Waals surface area contributed by atoms with Crippen molar-refractivity contribution in [2.24, 2.45) is 0 Å². The molecule has 0 atom stereocenters. The van der Waals surface area contributed by atoms with E-state index in [2.05, 4.69) is 10.6 Å². The van der Waals surface area contributed by atoms with E-state index in [0.717, 1.165) is 0 Å². The minimum absolute atomic E-state index is 0.0145. The highest BCUT2D eigenvalue weighted by molar-refractivity contribution is 6.06. The van der Waals surface area contributed by atoms with Crippen molar-refractivity contribution < 1.29 is 24.6 Å². The maximum absolute atomic E-state index is 11.1. The van der Waals surface area contributed by atoms with E-state index in [-0.39, 0.29) is 16.9 Å². The number of anilines is 2. The van der Waals surface area contributed by atoms with Crippen LogP contribution in [0.4, 0.5) is 11.4 Å². The van der Waals surface area contributed by atoms with E-state index in [1.807, 2.05) is 0 Å². The molecule has 0 saturated heterocycles. The molecule has 0 radical (unpaired) electrons. The van der Waals surface area contributed by atoms with Gasteiger partial charge in [0.2, 0.25) is 11.8 Å². The van der Waals surface area contributed by atoms with Crippen LogP contribution in [0, 0.1) is 0 Å². The zero-order valence-electron chi connectivity index (χ0n) is 9.56. The van der Waals surface area contributed by atoms with Gasteiger partial charge in [-0.1, -0.05) is 6.07 Å². The van der Waals surface area contributed by atoms with Gasteiger partial charge < -0.3 is 20.8 Å². The van der Waals surface area contributed by atoms with Crippen molar-refractivity contribution in [1.29, 1.82) is 0 Å². The number of carbonyl (C=O) groups excluding carboxylic acids is 2. The molecule has 0 spiro atoms. The third-order valence-corrected chi connectivity index (χ3v) is 2.01. The lowest BCUT2D eigenvalue weighted by Gasteiger charge is -2.13. The minimum atomic E-state index is -1.24. The smallest absolute Gasteiger partial charge is 0.337 e. The Morgan fingerprint density at radius 1 is 1.22 bits per heavy atom. The number of para-hydroxylation sites is 1. The van der Waals surface area contributed by atoms with E-state index in [0.29, 0.717) is 0 Å². The molecule has 0 aromatic heterocycles. The highest BCUT2D eigenvalue weighted by Crippen LogP contribution is 2.26. The van der Waals surface area contributed by atoms with Gasteiger partial charge in [0.15, 0.2) is 0 Å². The highest BCUT2D eigenvalue weighted by atomic mass is 16.4. The minimum Gasteiger partial charge on any atom is -0.478 e. The van der Waals surface area contributed by atoms with Crippen molar-refractivity contribution in [2.75, 3.05) is 17.2 Å². The second-order valence-electron chi connectivity index (χ2n) is 3.42. The maximum atomic E-state index is 11.1. The quantitative estimate of drug-likeness (QED) is 0.614. The van der Waals surface area contributed by atoms with E-state index >= 15 is 0 Å². The maximum Gasteiger partial charge on any atom is 0.337 e. The van der Waals surface area contributed by atoms with E-state index in [9.17, 15) is 14.4 Å². The molecule has 0 unspecified atom stereocenters. The number of hydrogen-bond donors (Lipinski definition) is 4. The normalized spacial score (nSPS) is 9.67. The molecule has 1 aromatic carbocycles. The lowest BCUT2D eigenvalue weighted by molar-refractivity contribution is -0.118. The molecule has 0 aliphatic heterocycles. The molecule has 0 fully saturated rings. The summed E-state index contributed by atoms with van der Waals surface area (Å²) in [6, 6.07) is 4.13. The monoisotopic (exact) mass is 252 g/mol. The molecular weight excluding hydrogens is 240 g/mol. The molecular formula is C11H12N2O5. The van der Waals surface area contributed by atoms with E-state index in [1.54, 1.807) is 0 Å². The van der Waals surface area contributed by atoms with Crippen LogP contribution in [0.5, 0.6) is 0 Å². The highest BCUT2D eigenvalue weighted by Gasteiger charge is 2.16. The summed E-state index contributed by atoms with van der Waals surface area (Å²) in [5.41, 5.74) is -0.0515. The molecule has 7 heteroatoms. The number of rotatable bonds is 4. The SMILES string of the molecule is CC(=O)Nc1c(NC(=O)CO)cccc1C(=O)O. The molecule has 0 aliphatic carbocycles.